The van der Waals surface area contributed by atoms with E-state index in [9.17, 15) is 5.21 Å². The lowest BCUT2D eigenvalue weighted by Gasteiger charge is -2.30. The Morgan fingerprint density at radius 3 is 2.55 bits per heavy atom. The fourth-order valence-corrected chi connectivity index (χ4v) is 3.04. The summed E-state index contributed by atoms with van der Waals surface area (Å²) in [6.07, 6.45) is 1.70. The molecule has 0 aliphatic heterocycles. The Hall–Kier alpha value is -2.10. The second-order valence-corrected chi connectivity index (χ2v) is 6.22. The predicted molar refractivity (Wildman–Crippen MR) is 78.7 cm³/mol. The Morgan fingerprint density at radius 1 is 1.20 bits per heavy atom. The van der Waals surface area contributed by atoms with Crippen molar-refractivity contribution < 1.29 is 5.21 Å². The molecule has 0 amide bonds. The predicted octanol–water partition coefficient (Wildman–Crippen LogP) is 3.33. The number of rotatable bonds is 1. The molecule has 1 N–H and O–H groups in total. The van der Waals surface area contributed by atoms with Crippen LogP contribution in [-0.4, -0.2) is 20.7 Å². The van der Waals surface area contributed by atoms with Crippen LogP contribution in [0, 0.1) is 12.3 Å². The molecule has 104 valence electrons. The van der Waals surface area contributed by atoms with Gasteiger partial charge in [0.1, 0.15) is 0 Å². The Bertz CT molecular complexity index is 669. The zero-order chi connectivity index (χ0) is 14.3. The van der Waals surface area contributed by atoms with Gasteiger partial charge in [-0.25, -0.2) is 4.68 Å². The van der Waals surface area contributed by atoms with Crippen LogP contribution in [0.2, 0.25) is 0 Å². The summed E-state index contributed by atoms with van der Waals surface area (Å²) in [5, 5.41) is 17.5. The monoisotopic (exact) mass is 269 g/mol. The van der Waals surface area contributed by atoms with Gasteiger partial charge in [-0.1, -0.05) is 37.2 Å². The van der Waals surface area contributed by atoms with E-state index in [0.29, 0.717) is 0 Å². The van der Waals surface area contributed by atoms with E-state index >= 15 is 0 Å². The lowest BCUT2D eigenvalue weighted by Crippen LogP contribution is -2.28. The van der Waals surface area contributed by atoms with Gasteiger partial charge in [0.05, 0.1) is 22.8 Å². The van der Waals surface area contributed by atoms with E-state index in [1.165, 1.54) is 0 Å². The summed E-state index contributed by atoms with van der Waals surface area (Å²) in [4.78, 5) is 0. The lowest BCUT2D eigenvalue weighted by atomic mass is 9.75. The van der Waals surface area contributed by atoms with Gasteiger partial charge >= 0.3 is 0 Å². The molecule has 0 saturated heterocycles. The molecule has 0 spiro atoms. The Morgan fingerprint density at radius 2 is 1.90 bits per heavy atom. The van der Waals surface area contributed by atoms with Crippen molar-refractivity contribution in [1.82, 2.24) is 9.78 Å². The molecule has 0 radical (unpaired) electrons. The summed E-state index contributed by atoms with van der Waals surface area (Å²) < 4.78 is 1.98. The van der Waals surface area contributed by atoms with Crippen LogP contribution in [-0.2, 0) is 6.42 Å². The van der Waals surface area contributed by atoms with Crippen LogP contribution in [0.15, 0.2) is 35.5 Å². The summed E-state index contributed by atoms with van der Waals surface area (Å²) in [6, 6.07) is 10.1. The minimum atomic E-state index is 0.0770. The van der Waals surface area contributed by atoms with Crippen LogP contribution in [0.5, 0.6) is 0 Å². The molecule has 2 aromatic rings. The third kappa shape index (κ3) is 2.01. The van der Waals surface area contributed by atoms with Crippen molar-refractivity contribution in [3.05, 3.63) is 47.3 Å². The first-order valence-electron chi connectivity index (χ1n) is 6.87. The molecule has 0 bridgehead atoms. The minimum absolute atomic E-state index is 0.0770. The van der Waals surface area contributed by atoms with Crippen molar-refractivity contribution in [2.45, 2.75) is 33.6 Å². The number of para-hydroxylation sites is 1. The number of fused-ring (bicyclic) bond motifs is 1. The summed E-state index contributed by atoms with van der Waals surface area (Å²) >= 11 is 0. The molecule has 3 rings (SSSR count). The van der Waals surface area contributed by atoms with Gasteiger partial charge in [0.15, 0.2) is 0 Å². The Kier molecular flexibility index (Phi) is 2.89. The maximum Gasteiger partial charge on any atom is 0.0910 e. The topological polar surface area (TPSA) is 50.4 Å². The van der Waals surface area contributed by atoms with Gasteiger partial charge in [0, 0.05) is 5.56 Å². The zero-order valence-corrected chi connectivity index (χ0v) is 12.1. The van der Waals surface area contributed by atoms with Crippen LogP contribution >= 0.6 is 0 Å². The number of nitrogens with zero attached hydrogens (tertiary/aromatic N) is 3. The second-order valence-electron chi connectivity index (χ2n) is 6.22. The van der Waals surface area contributed by atoms with Gasteiger partial charge in [0.2, 0.25) is 0 Å². The highest BCUT2D eigenvalue weighted by molar-refractivity contribution is 6.03. The number of oxime groups is 1. The molecule has 1 heterocycles. The first kappa shape index (κ1) is 12.9. The van der Waals surface area contributed by atoms with Gasteiger partial charge in [-0.15, -0.1) is 0 Å². The van der Waals surface area contributed by atoms with Crippen LogP contribution in [0.25, 0.3) is 5.69 Å². The minimum Gasteiger partial charge on any atom is -0.411 e. The molecule has 4 heteroatoms. The molecular formula is C16H19N3O. The van der Waals surface area contributed by atoms with E-state index in [0.717, 1.165) is 41.2 Å². The molecule has 4 nitrogen and oxygen atoms in total. The molecular weight excluding hydrogens is 250 g/mol. The average molecular weight is 269 g/mol. The molecule has 1 aromatic carbocycles. The Labute approximate surface area is 118 Å². The second kappa shape index (κ2) is 4.47. The van der Waals surface area contributed by atoms with E-state index in [1.54, 1.807) is 0 Å². The largest absolute Gasteiger partial charge is 0.411 e. The normalized spacial score (nSPS) is 19.1. The van der Waals surface area contributed by atoms with Crippen molar-refractivity contribution in [1.29, 1.82) is 0 Å². The lowest BCUT2D eigenvalue weighted by molar-refractivity contribution is 0.305. The highest BCUT2D eigenvalue weighted by Gasteiger charge is 2.34. The van der Waals surface area contributed by atoms with Gasteiger partial charge in [-0.3, -0.25) is 0 Å². The van der Waals surface area contributed by atoms with Crippen molar-refractivity contribution in [2.24, 2.45) is 10.6 Å². The van der Waals surface area contributed by atoms with Gasteiger partial charge in [-0.2, -0.15) is 5.10 Å². The van der Waals surface area contributed by atoms with Crippen molar-refractivity contribution in [3.63, 3.8) is 0 Å². The van der Waals surface area contributed by atoms with Gasteiger partial charge < -0.3 is 5.21 Å². The van der Waals surface area contributed by atoms with E-state index in [-0.39, 0.29) is 5.41 Å². The molecule has 1 aromatic heterocycles. The van der Waals surface area contributed by atoms with Crippen LogP contribution < -0.4 is 0 Å². The number of aromatic nitrogens is 2. The smallest absolute Gasteiger partial charge is 0.0910 e. The SMILES string of the molecule is Cc1nn(-c2ccccc2)c2c1C(=NO)CC(C)(C)C2. The summed E-state index contributed by atoms with van der Waals surface area (Å²) in [5.74, 6) is 0. The maximum atomic E-state index is 9.33. The zero-order valence-electron chi connectivity index (χ0n) is 12.1. The molecule has 20 heavy (non-hydrogen) atoms. The number of benzene rings is 1. The fraction of sp³-hybridized carbons (Fsp3) is 0.375. The van der Waals surface area contributed by atoms with E-state index in [4.69, 9.17) is 0 Å². The summed E-state index contributed by atoms with van der Waals surface area (Å²) in [7, 11) is 0. The Balaban J connectivity index is 2.22. The van der Waals surface area contributed by atoms with Crippen molar-refractivity contribution >= 4 is 5.71 Å². The van der Waals surface area contributed by atoms with Crippen LogP contribution in [0.1, 0.15) is 37.2 Å². The highest BCUT2D eigenvalue weighted by Crippen LogP contribution is 2.37. The first-order chi connectivity index (χ1) is 9.52. The maximum absolute atomic E-state index is 9.33. The number of aryl methyl sites for hydroxylation is 1. The van der Waals surface area contributed by atoms with Crippen LogP contribution in [0.3, 0.4) is 0 Å². The van der Waals surface area contributed by atoms with Crippen LogP contribution in [0.4, 0.5) is 0 Å². The van der Waals surface area contributed by atoms with E-state index in [1.807, 2.05) is 41.9 Å². The number of hydrogen-bond donors (Lipinski definition) is 1. The third-order valence-corrected chi connectivity index (χ3v) is 3.86. The van der Waals surface area contributed by atoms with Crippen molar-refractivity contribution in [3.8, 4) is 5.69 Å². The molecule has 0 fully saturated rings. The standard InChI is InChI=1S/C16H19N3O/c1-11-15-13(18-20)9-16(2,3)10-14(15)19(17-11)12-7-5-4-6-8-12/h4-8,20H,9-10H2,1-3H3. The molecule has 1 aliphatic rings. The third-order valence-electron chi connectivity index (χ3n) is 3.86. The van der Waals surface area contributed by atoms with Gasteiger partial charge in [-0.05, 0) is 37.3 Å². The molecule has 0 atom stereocenters. The summed E-state index contributed by atoms with van der Waals surface area (Å²) in [5.41, 5.74) is 4.94. The molecule has 0 saturated carbocycles. The molecule has 0 unspecified atom stereocenters. The van der Waals surface area contributed by atoms with E-state index in [2.05, 4.69) is 24.1 Å². The van der Waals surface area contributed by atoms with E-state index < -0.39 is 0 Å². The summed E-state index contributed by atoms with van der Waals surface area (Å²) in [6.45, 7) is 6.36. The highest BCUT2D eigenvalue weighted by atomic mass is 16.4. The van der Waals surface area contributed by atoms with Crippen molar-refractivity contribution in [2.75, 3.05) is 0 Å². The first-order valence-corrected chi connectivity index (χ1v) is 6.87. The fourth-order valence-electron chi connectivity index (χ4n) is 3.04. The average Bonchev–Trinajstić information content (AvgIpc) is 2.74. The molecule has 1 aliphatic carbocycles. The number of hydrogen-bond acceptors (Lipinski definition) is 3. The quantitative estimate of drug-likeness (QED) is 0.637. The van der Waals surface area contributed by atoms with Gasteiger partial charge in [0.25, 0.3) is 0 Å².